The van der Waals surface area contributed by atoms with E-state index in [0.29, 0.717) is 46.0 Å². The molecular formula is C33H25F2N7O3. The van der Waals surface area contributed by atoms with E-state index in [9.17, 15) is 14.3 Å². The van der Waals surface area contributed by atoms with Crippen molar-refractivity contribution in [2.75, 3.05) is 0 Å². The maximum atomic E-state index is 15.6. The lowest BCUT2D eigenvalue weighted by Gasteiger charge is -2.12. The number of nitrogens with zero attached hydrogens (tertiary/aromatic N) is 7. The van der Waals surface area contributed by atoms with Crippen LogP contribution in [-0.4, -0.2) is 40.4 Å². The second kappa shape index (κ2) is 12.3. The summed E-state index contributed by atoms with van der Waals surface area (Å²) < 4.78 is 39.2. The van der Waals surface area contributed by atoms with Crippen LogP contribution >= 0.6 is 0 Å². The van der Waals surface area contributed by atoms with Crippen LogP contribution in [0.5, 0.6) is 5.88 Å². The zero-order chi connectivity index (χ0) is 31.5. The first-order valence-electron chi connectivity index (χ1n) is 14.0. The van der Waals surface area contributed by atoms with E-state index in [1.807, 2.05) is 22.1 Å². The number of carboxylic acids is 1. The number of aromatic carboxylic acids is 1. The van der Waals surface area contributed by atoms with Crippen LogP contribution in [0, 0.1) is 23.0 Å². The number of nitriles is 1. The fourth-order valence-corrected chi connectivity index (χ4v) is 4.99. The Hall–Kier alpha value is -5.96. The van der Waals surface area contributed by atoms with Crippen LogP contribution < -0.4 is 4.74 Å². The minimum Gasteiger partial charge on any atom is -0.478 e. The minimum atomic E-state index is -1.06. The molecule has 0 amide bonds. The number of benzene rings is 3. The number of hydrogen-bond acceptors (Lipinski definition) is 7. The highest BCUT2D eigenvalue weighted by atomic mass is 19.1. The van der Waals surface area contributed by atoms with Gasteiger partial charge in [0.2, 0.25) is 5.88 Å². The topological polar surface area (TPSA) is 132 Å². The highest BCUT2D eigenvalue weighted by Crippen LogP contribution is 2.26. The van der Waals surface area contributed by atoms with E-state index in [0.717, 1.165) is 6.07 Å². The Morgan fingerprint density at radius 3 is 2.56 bits per heavy atom. The van der Waals surface area contributed by atoms with Gasteiger partial charge in [-0.15, -0.1) is 10.2 Å². The molecule has 0 unspecified atom stereocenters. The van der Waals surface area contributed by atoms with Crippen LogP contribution in [-0.2, 0) is 26.1 Å². The Kier molecular flexibility index (Phi) is 7.99. The molecule has 3 aromatic heterocycles. The molecule has 0 aliphatic carbocycles. The van der Waals surface area contributed by atoms with E-state index in [1.54, 1.807) is 48.8 Å². The molecule has 0 saturated carbocycles. The molecule has 0 fully saturated rings. The van der Waals surface area contributed by atoms with Crippen molar-refractivity contribution >= 4 is 17.0 Å². The van der Waals surface area contributed by atoms with Gasteiger partial charge >= 0.3 is 5.97 Å². The summed E-state index contributed by atoms with van der Waals surface area (Å²) in [6, 6.07) is 20.5. The summed E-state index contributed by atoms with van der Waals surface area (Å²) in [4.78, 5) is 20.8. The molecule has 0 saturated heterocycles. The molecule has 0 aliphatic rings. The van der Waals surface area contributed by atoms with E-state index in [-0.39, 0.29) is 42.1 Å². The third-order valence-electron chi connectivity index (χ3n) is 7.39. The molecule has 224 valence electrons. The molecule has 10 nitrogen and oxygen atoms in total. The third kappa shape index (κ3) is 6.09. The quantitative estimate of drug-likeness (QED) is 0.208. The normalized spacial score (nSPS) is 11.1. The maximum Gasteiger partial charge on any atom is 0.335 e. The molecule has 1 N–H and O–H groups in total. The van der Waals surface area contributed by atoms with Crippen molar-refractivity contribution in [2.24, 2.45) is 0 Å². The van der Waals surface area contributed by atoms with Gasteiger partial charge in [-0.25, -0.2) is 23.5 Å². The largest absolute Gasteiger partial charge is 0.478 e. The fourth-order valence-electron chi connectivity index (χ4n) is 4.99. The lowest BCUT2D eigenvalue weighted by atomic mass is 10.1. The maximum absolute atomic E-state index is 15.6. The van der Waals surface area contributed by atoms with Crippen molar-refractivity contribution in [1.82, 2.24) is 29.3 Å². The highest BCUT2D eigenvalue weighted by Gasteiger charge is 2.18. The van der Waals surface area contributed by atoms with Crippen LogP contribution in [0.1, 0.15) is 45.6 Å². The summed E-state index contributed by atoms with van der Waals surface area (Å²) >= 11 is 0. The van der Waals surface area contributed by atoms with Gasteiger partial charge in [-0.2, -0.15) is 5.26 Å². The molecule has 0 spiro atoms. The summed E-state index contributed by atoms with van der Waals surface area (Å²) in [5, 5.41) is 26.7. The summed E-state index contributed by atoms with van der Waals surface area (Å²) in [7, 11) is 0. The van der Waals surface area contributed by atoms with E-state index in [2.05, 4.69) is 15.2 Å². The number of pyridine rings is 1. The predicted octanol–water partition coefficient (Wildman–Crippen LogP) is 5.78. The monoisotopic (exact) mass is 605 g/mol. The standard InChI is InChI=1S/C33H25F2N7O3/c1-2-41-19-37-40-31(41)17-42-29-14-23(33(43)44)10-11-28(29)38-30(42)15-21-8-9-22(13-26(21)35)27-4-3-5-32(39-27)45-18-24-7-6-20(16-36)12-25(24)34/h3-14,19H,2,15,17-18H2,1H3,(H,43,44). The summed E-state index contributed by atoms with van der Waals surface area (Å²) in [6.45, 7) is 2.79. The molecule has 45 heavy (non-hydrogen) atoms. The SMILES string of the molecule is CCn1cnnc1Cn1c(Cc2ccc(-c3cccc(OCc4ccc(C#N)cc4F)n3)cc2F)nc2ccc(C(=O)O)cc21. The Labute approximate surface area is 255 Å². The van der Waals surface area contributed by atoms with E-state index >= 15 is 4.39 Å². The zero-order valence-corrected chi connectivity index (χ0v) is 24.0. The van der Waals surface area contributed by atoms with Gasteiger partial charge in [0.05, 0.1) is 40.5 Å². The van der Waals surface area contributed by atoms with Crippen LogP contribution in [0.3, 0.4) is 0 Å². The lowest BCUT2D eigenvalue weighted by Crippen LogP contribution is -2.11. The van der Waals surface area contributed by atoms with Crippen molar-refractivity contribution in [3.8, 4) is 23.2 Å². The van der Waals surface area contributed by atoms with Crippen molar-refractivity contribution in [3.05, 3.63) is 125 Å². The van der Waals surface area contributed by atoms with Gasteiger partial charge in [-0.1, -0.05) is 24.3 Å². The number of fused-ring (bicyclic) bond motifs is 1. The average Bonchev–Trinajstić information content (AvgIpc) is 3.65. The summed E-state index contributed by atoms with van der Waals surface area (Å²) in [6.07, 6.45) is 1.75. The zero-order valence-electron chi connectivity index (χ0n) is 24.0. The fraction of sp³-hybridized carbons (Fsp3) is 0.152. The Morgan fingerprint density at radius 1 is 0.978 bits per heavy atom. The molecule has 6 rings (SSSR count). The van der Waals surface area contributed by atoms with Gasteiger partial charge in [0.1, 0.15) is 30.4 Å². The molecular weight excluding hydrogens is 580 g/mol. The Balaban J connectivity index is 1.26. The van der Waals surface area contributed by atoms with Crippen molar-refractivity contribution < 1.29 is 23.4 Å². The van der Waals surface area contributed by atoms with Crippen LogP contribution in [0.15, 0.2) is 79.1 Å². The second-order valence-electron chi connectivity index (χ2n) is 10.2. The van der Waals surface area contributed by atoms with E-state index in [1.165, 1.54) is 24.3 Å². The average molecular weight is 606 g/mol. The van der Waals surface area contributed by atoms with Crippen molar-refractivity contribution in [3.63, 3.8) is 0 Å². The second-order valence-corrected chi connectivity index (χ2v) is 10.2. The number of ether oxygens (including phenoxy) is 1. The molecule has 0 atom stereocenters. The summed E-state index contributed by atoms with van der Waals surface area (Å²) in [5.41, 5.74) is 3.14. The number of aryl methyl sites for hydroxylation is 1. The van der Waals surface area contributed by atoms with Crippen LogP contribution in [0.25, 0.3) is 22.3 Å². The minimum absolute atomic E-state index is 0.0924. The van der Waals surface area contributed by atoms with E-state index in [4.69, 9.17) is 15.0 Å². The number of hydrogen-bond donors (Lipinski definition) is 1. The van der Waals surface area contributed by atoms with Gasteiger partial charge in [0, 0.05) is 30.2 Å². The highest BCUT2D eigenvalue weighted by molar-refractivity contribution is 5.92. The van der Waals surface area contributed by atoms with Gasteiger partial charge in [0.15, 0.2) is 5.82 Å². The van der Waals surface area contributed by atoms with Gasteiger partial charge in [0.25, 0.3) is 0 Å². The van der Waals surface area contributed by atoms with Gasteiger partial charge in [-0.3, -0.25) is 0 Å². The van der Waals surface area contributed by atoms with Crippen LogP contribution in [0.4, 0.5) is 8.78 Å². The number of carbonyl (C=O) groups is 1. The first-order valence-corrected chi connectivity index (χ1v) is 14.0. The molecule has 6 aromatic rings. The van der Waals surface area contributed by atoms with Crippen molar-refractivity contribution in [1.29, 1.82) is 5.26 Å². The first kappa shape index (κ1) is 29.1. The number of rotatable bonds is 10. The predicted molar refractivity (Wildman–Crippen MR) is 159 cm³/mol. The summed E-state index contributed by atoms with van der Waals surface area (Å²) in [5.74, 6) is -0.657. The van der Waals surface area contributed by atoms with Gasteiger partial charge in [-0.05, 0) is 55.0 Å². The number of carboxylic acid groups (broad SMARTS) is 1. The first-order chi connectivity index (χ1) is 21.8. The molecule has 3 heterocycles. The van der Waals surface area contributed by atoms with Crippen molar-refractivity contribution in [2.45, 2.75) is 33.0 Å². The molecule has 0 aliphatic heterocycles. The van der Waals surface area contributed by atoms with E-state index < -0.39 is 17.6 Å². The number of imidazole rings is 1. The molecule has 3 aromatic carbocycles. The smallest absolute Gasteiger partial charge is 0.335 e. The molecule has 12 heteroatoms. The van der Waals surface area contributed by atoms with Gasteiger partial charge < -0.3 is 19.0 Å². The third-order valence-corrected chi connectivity index (χ3v) is 7.39. The number of aromatic nitrogens is 6. The Bertz CT molecular complexity index is 2100. The number of halogens is 2. The Morgan fingerprint density at radius 2 is 1.80 bits per heavy atom. The lowest BCUT2D eigenvalue weighted by molar-refractivity contribution is 0.0697. The van der Waals surface area contributed by atoms with Crippen LogP contribution in [0.2, 0.25) is 0 Å². The molecule has 0 radical (unpaired) electrons. The molecule has 0 bridgehead atoms.